The fourth-order valence-corrected chi connectivity index (χ4v) is 4.08. The van der Waals surface area contributed by atoms with Crippen molar-refractivity contribution in [3.8, 4) is 0 Å². The Hall–Kier alpha value is -0.350. The number of aryl methyl sites for hydroxylation is 1. The molecule has 1 aromatic carbocycles. The summed E-state index contributed by atoms with van der Waals surface area (Å²) in [5.41, 5.74) is 4.01. The van der Waals surface area contributed by atoms with Gasteiger partial charge < -0.3 is 5.32 Å². The van der Waals surface area contributed by atoms with Gasteiger partial charge in [-0.2, -0.15) is 0 Å². The smallest absolute Gasteiger partial charge is 0.107 e. The zero-order chi connectivity index (χ0) is 14.7. The highest BCUT2D eigenvalue weighted by Crippen LogP contribution is 2.38. The monoisotopic (exact) mass is 371 g/mol. The lowest BCUT2D eigenvalue weighted by Crippen LogP contribution is -2.23. The summed E-state index contributed by atoms with van der Waals surface area (Å²) in [6.45, 7) is 7.53. The molecule has 4 heteroatoms. The molecule has 1 heterocycles. The largest absolute Gasteiger partial charge is 0.306 e. The molecule has 20 heavy (non-hydrogen) atoms. The molecule has 1 N–H and O–H groups in total. The van der Waals surface area contributed by atoms with Crippen LogP contribution in [-0.4, -0.2) is 6.54 Å². The summed E-state index contributed by atoms with van der Waals surface area (Å²) in [5, 5.41) is 3.64. The molecule has 0 saturated heterocycles. The maximum absolute atomic E-state index is 6.21. The molecule has 1 unspecified atom stereocenters. The van der Waals surface area contributed by atoms with Crippen LogP contribution in [0.15, 0.2) is 28.7 Å². The molecule has 0 fully saturated rings. The van der Waals surface area contributed by atoms with Gasteiger partial charge in [-0.25, -0.2) is 0 Å². The lowest BCUT2D eigenvalue weighted by atomic mass is 9.96. The van der Waals surface area contributed by atoms with E-state index in [1.54, 1.807) is 11.3 Å². The van der Waals surface area contributed by atoms with Crippen molar-refractivity contribution in [3.05, 3.63) is 54.6 Å². The SMILES string of the molecule is CCCNC(c1cc(Br)c(Cl)s1)c1cccc(C)c1C. The van der Waals surface area contributed by atoms with Crippen LogP contribution in [0.1, 0.15) is 41.0 Å². The van der Waals surface area contributed by atoms with Crippen molar-refractivity contribution in [1.82, 2.24) is 5.32 Å². The number of rotatable bonds is 5. The highest BCUT2D eigenvalue weighted by atomic mass is 79.9. The van der Waals surface area contributed by atoms with Crippen LogP contribution in [0.5, 0.6) is 0 Å². The topological polar surface area (TPSA) is 12.0 Å². The fraction of sp³-hybridized carbons (Fsp3) is 0.375. The maximum Gasteiger partial charge on any atom is 0.107 e. The van der Waals surface area contributed by atoms with Gasteiger partial charge in [0, 0.05) is 9.35 Å². The number of thiophene rings is 1. The Morgan fingerprint density at radius 2 is 2.10 bits per heavy atom. The van der Waals surface area contributed by atoms with Crippen LogP contribution in [0, 0.1) is 13.8 Å². The molecule has 0 bridgehead atoms. The molecule has 2 aromatic rings. The fourth-order valence-electron chi connectivity index (χ4n) is 2.24. The van der Waals surface area contributed by atoms with E-state index in [0.717, 1.165) is 21.8 Å². The first-order valence-corrected chi connectivity index (χ1v) is 8.77. The minimum atomic E-state index is 0.212. The maximum atomic E-state index is 6.21. The zero-order valence-electron chi connectivity index (χ0n) is 12.0. The molecular formula is C16H19BrClNS. The van der Waals surface area contributed by atoms with Gasteiger partial charge in [-0.15, -0.1) is 11.3 Å². The van der Waals surface area contributed by atoms with E-state index in [4.69, 9.17) is 11.6 Å². The number of hydrogen-bond donors (Lipinski definition) is 1. The summed E-state index contributed by atoms with van der Waals surface area (Å²) in [6, 6.07) is 8.83. The zero-order valence-corrected chi connectivity index (χ0v) is 15.1. The molecule has 1 nitrogen and oxygen atoms in total. The first-order chi connectivity index (χ1) is 9.54. The van der Waals surface area contributed by atoms with Crippen LogP contribution in [0.4, 0.5) is 0 Å². The van der Waals surface area contributed by atoms with E-state index in [2.05, 4.69) is 66.3 Å². The third kappa shape index (κ3) is 3.45. The van der Waals surface area contributed by atoms with Crippen LogP contribution < -0.4 is 5.32 Å². The van der Waals surface area contributed by atoms with Crippen molar-refractivity contribution >= 4 is 38.9 Å². The third-order valence-electron chi connectivity index (χ3n) is 3.50. The van der Waals surface area contributed by atoms with Gasteiger partial charge in [-0.1, -0.05) is 36.7 Å². The number of nitrogens with one attached hydrogen (secondary N) is 1. The van der Waals surface area contributed by atoms with Gasteiger partial charge in [-0.3, -0.25) is 0 Å². The lowest BCUT2D eigenvalue weighted by Gasteiger charge is -2.20. The summed E-state index contributed by atoms with van der Waals surface area (Å²) >= 11 is 11.4. The Morgan fingerprint density at radius 3 is 2.70 bits per heavy atom. The van der Waals surface area contributed by atoms with Gasteiger partial charge in [-0.05, 0) is 65.5 Å². The number of hydrogen-bond acceptors (Lipinski definition) is 2. The molecular weight excluding hydrogens is 354 g/mol. The summed E-state index contributed by atoms with van der Waals surface area (Å²) in [4.78, 5) is 1.25. The lowest BCUT2D eigenvalue weighted by molar-refractivity contribution is 0.603. The Labute approximate surface area is 138 Å². The van der Waals surface area contributed by atoms with Crippen LogP contribution in [0.3, 0.4) is 0 Å². The first-order valence-electron chi connectivity index (χ1n) is 6.78. The van der Waals surface area contributed by atoms with Crippen molar-refractivity contribution in [2.24, 2.45) is 0 Å². The van der Waals surface area contributed by atoms with E-state index >= 15 is 0 Å². The van der Waals surface area contributed by atoms with E-state index in [9.17, 15) is 0 Å². The van der Waals surface area contributed by atoms with Crippen LogP contribution in [0.2, 0.25) is 4.34 Å². The summed E-state index contributed by atoms with van der Waals surface area (Å²) in [5.74, 6) is 0. The molecule has 0 spiro atoms. The average molecular weight is 373 g/mol. The third-order valence-corrected chi connectivity index (χ3v) is 6.04. The van der Waals surface area contributed by atoms with Crippen LogP contribution in [-0.2, 0) is 0 Å². The molecule has 0 radical (unpaired) electrons. The Morgan fingerprint density at radius 1 is 1.35 bits per heavy atom. The van der Waals surface area contributed by atoms with Crippen molar-refractivity contribution in [2.75, 3.05) is 6.54 Å². The summed E-state index contributed by atoms with van der Waals surface area (Å²) in [6.07, 6.45) is 1.11. The van der Waals surface area contributed by atoms with Gasteiger partial charge >= 0.3 is 0 Å². The minimum absolute atomic E-state index is 0.212. The summed E-state index contributed by atoms with van der Waals surface area (Å²) in [7, 11) is 0. The standard InChI is InChI=1S/C16H19BrClNS/c1-4-8-19-15(14-9-13(17)16(18)20-14)12-7-5-6-10(2)11(12)3/h5-7,9,15,19H,4,8H2,1-3H3. The van der Waals surface area contributed by atoms with Crippen molar-refractivity contribution < 1.29 is 0 Å². The molecule has 0 aliphatic rings. The van der Waals surface area contributed by atoms with Gasteiger partial charge in [0.2, 0.25) is 0 Å². The van der Waals surface area contributed by atoms with E-state index in [0.29, 0.717) is 0 Å². The Kier molecular flexibility index (Phi) is 5.67. The highest BCUT2D eigenvalue weighted by molar-refractivity contribution is 9.10. The van der Waals surface area contributed by atoms with Crippen LogP contribution >= 0.6 is 38.9 Å². The van der Waals surface area contributed by atoms with Gasteiger partial charge in [0.05, 0.1) is 6.04 Å². The van der Waals surface area contributed by atoms with Crippen molar-refractivity contribution in [3.63, 3.8) is 0 Å². The quantitative estimate of drug-likeness (QED) is 0.692. The molecule has 2 rings (SSSR count). The molecule has 1 aromatic heterocycles. The first kappa shape index (κ1) is 16.0. The molecule has 0 aliphatic carbocycles. The summed E-state index contributed by atoms with van der Waals surface area (Å²) < 4.78 is 1.79. The van der Waals surface area contributed by atoms with Gasteiger partial charge in [0.25, 0.3) is 0 Å². The highest BCUT2D eigenvalue weighted by Gasteiger charge is 2.19. The van der Waals surface area contributed by atoms with E-state index < -0.39 is 0 Å². The van der Waals surface area contributed by atoms with Crippen molar-refractivity contribution in [1.29, 1.82) is 0 Å². The molecule has 0 saturated carbocycles. The van der Waals surface area contributed by atoms with Crippen molar-refractivity contribution in [2.45, 2.75) is 33.2 Å². The number of benzene rings is 1. The molecule has 1 atom stereocenters. The van der Waals surface area contributed by atoms with Gasteiger partial charge in [0.15, 0.2) is 0 Å². The molecule has 0 aliphatic heterocycles. The predicted octanol–water partition coefficient (Wildman–Crippen LogP) is 5.87. The van der Waals surface area contributed by atoms with E-state index in [1.165, 1.54) is 21.6 Å². The number of halogens is 2. The minimum Gasteiger partial charge on any atom is -0.306 e. The molecule has 0 amide bonds. The van der Waals surface area contributed by atoms with E-state index in [-0.39, 0.29) is 6.04 Å². The second kappa shape index (κ2) is 7.08. The normalized spacial score (nSPS) is 12.7. The second-order valence-electron chi connectivity index (χ2n) is 4.95. The van der Waals surface area contributed by atoms with Crippen LogP contribution in [0.25, 0.3) is 0 Å². The predicted molar refractivity (Wildman–Crippen MR) is 93.1 cm³/mol. The Balaban J connectivity index is 2.44. The molecule has 108 valence electrons. The average Bonchev–Trinajstić information content (AvgIpc) is 2.74. The Bertz CT molecular complexity index is 575. The second-order valence-corrected chi connectivity index (χ2v) is 7.49. The van der Waals surface area contributed by atoms with Gasteiger partial charge in [0.1, 0.15) is 4.34 Å². The van der Waals surface area contributed by atoms with E-state index in [1.807, 2.05) is 0 Å².